The zero-order valence-corrected chi connectivity index (χ0v) is 12.7. The molecule has 0 saturated heterocycles. The molecule has 0 radical (unpaired) electrons. The topological polar surface area (TPSA) is 52.6 Å². The van der Waals surface area contributed by atoms with Crippen LogP contribution in [0.4, 0.5) is 5.69 Å². The van der Waals surface area contributed by atoms with Gasteiger partial charge in [-0.15, -0.1) is 0 Å². The van der Waals surface area contributed by atoms with Crippen molar-refractivity contribution >= 4 is 23.4 Å². The van der Waals surface area contributed by atoms with Crippen molar-refractivity contribution in [1.29, 1.82) is 0 Å². The minimum atomic E-state index is -0.108. The van der Waals surface area contributed by atoms with Gasteiger partial charge in [0.1, 0.15) is 0 Å². The first-order valence-electron chi connectivity index (χ1n) is 6.21. The summed E-state index contributed by atoms with van der Waals surface area (Å²) in [5.41, 5.74) is 1.62. The van der Waals surface area contributed by atoms with Gasteiger partial charge in [0.05, 0.1) is 6.61 Å². The van der Waals surface area contributed by atoms with Crippen molar-refractivity contribution in [2.75, 3.05) is 31.9 Å². The third-order valence-corrected chi connectivity index (χ3v) is 4.19. The average Bonchev–Trinajstić information content (AvgIpc) is 2.40. The third-order valence-electron chi connectivity index (χ3n) is 3.02. The summed E-state index contributed by atoms with van der Waals surface area (Å²) in [4.78, 5) is 14.1. The molecule has 0 aromatic heterocycles. The lowest BCUT2D eigenvalue weighted by Crippen LogP contribution is -2.41. The molecular weight excluding hydrogens is 260 g/mol. The monoisotopic (exact) mass is 282 g/mol. The lowest BCUT2D eigenvalue weighted by atomic mass is 10.1. The van der Waals surface area contributed by atoms with Gasteiger partial charge in [-0.3, -0.25) is 4.79 Å². The first-order valence-corrected chi connectivity index (χ1v) is 7.50. The molecule has 2 N–H and O–H groups in total. The highest BCUT2D eigenvalue weighted by atomic mass is 32.2. The SMILES string of the molecule is CS[C@@H](CO)[C@@H](C)NC(=O)c1cccc(N(C)C)c1. The van der Waals surface area contributed by atoms with E-state index in [1.165, 1.54) is 0 Å². The molecule has 0 saturated carbocycles. The molecule has 106 valence electrons. The maximum atomic E-state index is 12.1. The summed E-state index contributed by atoms with van der Waals surface area (Å²) in [6.45, 7) is 1.96. The number of carbonyl (C=O) groups excluding carboxylic acids is 1. The first-order chi connectivity index (χ1) is 8.99. The average molecular weight is 282 g/mol. The fourth-order valence-electron chi connectivity index (χ4n) is 1.75. The number of aliphatic hydroxyl groups is 1. The standard InChI is InChI=1S/C14H22N2O2S/c1-10(13(9-17)19-4)15-14(18)11-6-5-7-12(8-11)16(2)3/h5-8,10,13,17H,9H2,1-4H3,(H,15,18)/t10-,13+/m1/s1. The van der Waals surface area contributed by atoms with E-state index in [-0.39, 0.29) is 23.8 Å². The Morgan fingerprint density at radius 1 is 1.47 bits per heavy atom. The van der Waals surface area contributed by atoms with Gasteiger partial charge in [0.15, 0.2) is 0 Å². The number of hydrogen-bond donors (Lipinski definition) is 2. The molecule has 0 aliphatic heterocycles. The van der Waals surface area contributed by atoms with Crippen LogP contribution in [0, 0.1) is 0 Å². The number of amides is 1. The van der Waals surface area contributed by atoms with Crippen LogP contribution in [0.3, 0.4) is 0 Å². The zero-order valence-electron chi connectivity index (χ0n) is 11.9. The van der Waals surface area contributed by atoms with Crippen LogP contribution in [-0.4, -0.2) is 49.3 Å². The molecular formula is C14H22N2O2S. The fraction of sp³-hybridized carbons (Fsp3) is 0.500. The van der Waals surface area contributed by atoms with Crippen LogP contribution in [0.15, 0.2) is 24.3 Å². The van der Waals surface area contributed by atoms with Gasteiger partial charge in [0.25, 0.3) is 5.91 Å². The number of carbonyl (C=O) groups is 1. The molecule has 0 heterocycles. The Morgan fingerprint density at radius 3 is 2.68 bits per heavy atom. The van der Waals surface area contributed by atoms with Crippen molar-refractivity contribution in [1.82, 2.24) is 5.32 Å². The Balaban J connectivity index is 2.75. The number of thioether (sulfide) groups is 1. The molecule has 0 bridgehead atoms. The minimum absolute atomic E-state index is 0.0148. The molecule has 0 spiro atoms. The van der Waals surface area contributed by atoms with Gasteiger partial charge in [-0.1, -0.05) is 6.07 Å². The molecule has 5 heteroatoms. The summed E-state index contributed by atoms with van der Waals surface area (Å²) in [6, 6.07) is 7.40. The molecule has 0 fully saturated rings. The smallest absolute Gasteiger partial charge is 0.251 e. The van der Waals surface area contributed by atoms with Gasteiger partial charge < -0.3 is 15.3 Å². The van der Waals surface area contributed by atoms with E-state index in [4.69, 9.17) is 0 Å². The first kappa shape index (κ1) is 15.9. The van der Waals surface area contributed by atoms with E-state index >= 15 is 0 Å². The second kappa shape index (κ2) is 7.40. The van der Waals surface area contributed by atoms with Crippen molar-refractivity contribution < 1.29 is 9.90 Å². The minimum Gasteiger partial charge on any atom is -0.395 e. The predicted molar refractivity (Wildman–Crippen MR) is 82.1 cm³/mol. The van der Waals surface area contributed by atoms with Gasteiger partial charge in [-0.2, -0.15) is 11.8 Å². The lowest BCUT2D eigenvalue weighted by Gasteiger charge is -2.21. The maximum absolute atomic E-state index is 12.1. The number of hydrogen-bond acceptors (Lipinski definition) is 4. The Morgan fingerprint density at radius 2 is 2.16 bits per heavy atom. The van der Waals surface area contributed by atoms with Crippen molar-refractivity contribution in [3.05, 3.63) is 29.8 Å². The van der Waals surface area contributed by atoms with E-state index in [0.717, 1.165) is 5.69 Å². The normalized spacial score (nSPS) is 13.7. The van der Waals surface area contributed by atoms with Gasteiger partial charge in [0, 0.05) is 36.6 Å². The highest BCUT2D eigenvalue weighted by Crippen LogP contribution is 2.15. The molecule has 4 nitrogen and oxygen atoms in total. The number of rotatable bonds is 6. The second-order valence-corrected chi connectivity index (χ2v) is 5.74. The highest BCUT2D eigenvalue weighted by molar-refractivity contribution is 7.99. The van der Waals surface area contributed by atoms with Crippen LogP contribution in [0.1, 0.15) is 17.3 Å². The number of benzene rings is 1. The molecule has 0 aliphatic carbocycles. The number of aliphatic hydroxyl groups excluding tert-OH is 1. The van der Waals surface area contributed by atoms with Crippen LogP contribution in [0.25, 0.3) is 0 Å². The Labute approximate surface area is 119 Å². The number of nitrogens with zero attached hydrogens (tertiary/aromatic N) is 1. The second-order valence-electron chi connectivity index (χ2n) is 4.66. The zero-order chi connectivity index (χ0) is 14.4. The maximum Gasteiger partial charge on any atom is 0.251 e. The lowest BCUT2D eigenvalue weighted by molar-refractivity contribution is 0.0936. The summed E-state index contributed by atoms with van der Waals surface area (Å²) < 4.78 is 0. The fourth-order valence-corrected chi connectivity index (χ4v) is 2.37. The Hall–Kier alpha value is -1.20. The van der Waals surface area contributed by atoms with E-state index in [9.17, 15) is 9.90 Å². The van der Waals surface area contributed by atoms with Gasteiger partial charge in [-0.05, 0) is 31.4 Å². The van der Waals surface area contributed by atoms with E-state index in [0.29, 0.717) is 5.56 Å². The van der Waals surface area contributed by atoms with Crippen LogP contribution >= 0.6 is 11.8 Å². The molecule has 0 aliphatic rings. The molecule has 1 aromatic rings. The van der Waals surface area contributed by atoms with E-state index < -0.39 is 0 Å². The summed E-state index contributed by atoms with van der Waals surface area (Å²) in [5, 5.41) is 12.2. The molecule has 1 aromatic carbocycles. The van der Waals surface area contributed by atoms with Crippen LogP contribution in [-0.2, 0) is 0 Å². The summed E-state index contributed by atoms with van der Waals surface area (Å²) in [7, 11) is 3.88. The Kier molecular flexibility index (Phi) is 6.18. The van der Waals surface area contributed by atoms with E-state index in [2.05, 4.69) is 5.32 Å². The van der Waals surface area contributed by atoms with Crippen molar-refractivity contribution in [2.24, 2.45) is 0 Å². The largest absolute Gasteiger partial charge is 0.395 e. The molecule has 19 heavy (non-hydrogen) atoms. The van der Waals surface area contributed by atoms with Crippen LogP contribution in [0.5, 0.6) is 0 Å². The summed E-state index contributed by atoms with van der Waals surface area (Å²) >= 11 is 1.55. The number of anilines is 1. The van der Waals surface area contributed by atoms with Crippen molar-refractivity contribution in [2.45, 2.75) is 18.2 Å². The van der Waals surface area contributed by atoms with E-state index in [1.807, 2.05) is 50.4 Å². The highest BCUT2D eigenvalue weighted by Gasteiger charge is 2.18. The van der Waals surface area contributed by atoms with Crippen molar-refractivity contribution in [3.8, 4) is 0 Å². The molecule has 0 unspecified atom stereocenters. The van der Waals surface area contributed by atoms with Crippen LogP contribution < -0.4 is 10.2 Å². The summed E-state index contributed by atoms with van der Waals surface area (Å²) in [6.07, 6.45) is 1.93. The summed E-state index contributed by atoms with van der Waals surface area (Å²) in [5.74, 6) is -0.108. The molecule has 1 amide bonds. The van der Waals surface area contributed by atoms with Gasteiger partial charge >= 0.3 is 0 Å². The van der Waals surface area contributed by atoms with Crippen LogP contribution in [0.2, 0.25) is 0 Å². The van der Waals surface area contributed by atoms with E-state index in [1.54, 1.807) is 17.8 Å². The van der Waals surface area contributed by atoms with Gasteiger partial charge in [-0.25, -0.2) is 0 Å². The number of nitrogens with one attached hydrogen (secondary N) is 1. The molecule has 2 atom stereocenters. The third kappa shape index (κ3) is 4.44. The Bertz CT molecular complexity index is 420. The van der Waals surface area contributed by atoms with Gasteiger partial charge in [0.2, 0.25) is 0 Å². The predicted octanol–water partition coefficient (Wildman–Crippen LogP) is 1.59. The molecule has 1 rings (SSSR count). The quantitative estimate of drug-likeness (QED) is 0.832. The van der Waals surface area contributed by atoms with Crippen molar-refractivity contribution in [3.63, 3.8) is 0 Å².